The molecule has 0 amide bonds. The predicted octanol–water partition coefficient (Wildman–Crippen LogP) is 4.40. The summed E-state index contributed by atoms with van der Waals surface area (Å²) >= 11 is 0. The highest BCUT2D eigenvalue weighted by molar-refractivity contribution is 5.85. The number of aromatic amines is 1. The fourth-order valence-electron chi connectivity index (χ4n) is 4.92. The van der Waals surface area contributed by atoms with E-state index in [0.29, 0.717) is 0 Å². The molecule has 1 fully saturated rings. The molecule has 4 heteroatoms. The smallest absolute Gasteiger partial charge is 0.123 e. The Morgan fingerprint density at radius 3 is 2.79 bits per heavy atom. The Morgan fingerprint density at radius 1 is 1.07 bits per heavy atom. The number of H-pyrrole nitrogens is 1. The van der Waals surface area contributed by atoms with Crippen LogP contribution in [0.3, 0.4) is 0 Å². The number of methoxy groups -OCH3 is 1. The molecule has 2 aromatic carbocycles. The first-order valence-corrected chi connectivity index (χ1v) is 10.6. The van der Waals surface area contributed by atoms with Crippen molar-refractivity contribution >= 4 is 10.9 Å². The molecule has 0 radical (unpaired) electrons. The highest BCUT2D eigenvalue weighted by atomic mass is 16.5. The fraction of sp³-hybridized carbons (Fsp3) is 0.417. The van der Waals surface area contributed by atoms with Gasteiger partial charge in [0.05, 0.1) is 13.2 Å². The number of hydrogen-bond donors (Lipinski definition) is 2. The Bertz CT molecular complexity index is 971. The maximum absolute atomic E-state index is 5.69. The molecule has 1 saturated heterocycles. The Labute approximate surface area is 166 Å². The van der Waals surface area contributed by atoms with Crippen LogP contribution < -0.4 is 10.1 Å². The van der Waals surface area contributed by atoms with E-state index in [-0.39, 0.29) is 6.04 Å². The Kier molecular flexibility index (Phi) is 4.83. The zero-order valence-electron chi connectivity index (χ0n) is 16.6. The fourth-order valence-corrected chi connectivity index (χ4v) is 4.92. The lowest BCUT2D eigenvalue weighted by molar-refractivity contribution is 0.218. The van der Waals surface area contributed by atoms with E-state index >= 15 is 0 Å². The standard InChI is InChI=1S/C24H29N3O/c1-28-22-10-9-17(15-18(22)16-27-13-5-2-6-14-27)23-24-20(11-12-25-23)19-7-3-4-8-21(19)26-24/h3-4,7-10,15,23,25-26H,2,5-6,11-14,16H2,1H3/t23-/m0/s1. The molecule has 5 rings (SSSR count). The van der Waals surface area contributed by atoms with Crippen molar-refractivity contribution in [2.75, 3.05) is 26.7 Å². The van der Waals surface area contributed by atoms with Crippen molar-refractivity contribution in [3.63, 3.8) is 0 Å². The predicted molar refractivity (Wildman–Crippen MR) is 114 cm³/mol. The van der Waals surface area contributed by atoms with Crippen LogP contribution in [0.5, 0.6) is 5.75 Å². The second-order valence-corrected chi connectivity index (χ2v) is 8.11. The summed E-state index contributed by atoms with van der Waals surface area (Å²) in [6.45, 7) is 4.37. The first-order valence-electron chi connectivity index (χ1n) is 10.6. The van der Waals surface area contributed by atoms with Crippen LogP contribution in [0, 0.1) is 0 Å². The van der Waals surface area contributed by atoms with Crippen molar-refractivity contribution < 1.29 is 4.74 Å². The molecule has 146 valence electrons. The minimum atomic E-state index is 0.210. The number of benzene rings is 2. The van der Waals surface area contributed by atoms with Crippen LogP contribution in [0.25, 0.3) is 10.9 Å². The molecule has 28 heavy (non-hydrogen) atoms. The molecule has 2 aliphatic rings. The second kappa shape index (κ2) is 7.61. The molecule has 1 atom stereocenters. The summed E-state index contributed by atoms with van der Waals surface area (Å²) in [5.41, 5.74) is 6.64. The number of likely N-dealkylation sites (tertiary alicyclic amines) is 1. The lowest BCUT2D eigenvalue weighted by Gasteiger charge is -2.29. The van der Waals surface area contributed by atoms with E-state index in [1.807, 2.05) is 0 Å². The summed E-state index contributed by atoms with van der Waals surface area (Å²) in [5, 5.41) is 5.10. The minimum Gasteiger partial charge on any atom is -0.496 e. The zero-order chi connectivity index (χ0) is 18.9. The van der Waals surface area contributed by atoms with Crippen molar-refractivity contribution in [1.82, 2.24) is 15.2 Å². The number of nitrogens with one attached hydrogen (secondary N) is 2. The summed E-state index contributed by atoms with van der Waals surface area (Å²) in [5.74, 6) is 1.00. The SMILES string of the molecule is COc1ccc([C@@H]2NCCc3c2[nH]c2ccccc32)cc1CN1CCCCC1. The minimum absolute atomic E-state index is 0.210. The van der Waals surface area contributed by atoms with Gasteiger partial charge in [-0.2, -0.15) is 0 Å². The summed E-state index contributed by atoms with van der Waals surface area (Å²) in [6, 6.07) is 15.6. The molecule has 1 aromatic heterocycles. The van der Waals surface area contributed by atoms with Crippen LogP contribution in [0.4, 0.5) is 0 Å². The maximum atomic E-state index is 5.69. The van der Waals surface area contributed by atoms with Gasteiger partial charge in [-0.3, -0.25) is 4.90 Å². The zero-order valence-corrected chi connectivity index (χ0v) is 16.6. The van der Waals surface area contributed by atoms with Crippen LogP contribution in [0.15, 0.2) is 42.5 Å². The third-order valence-corrected chi connectivity index (χ3v) is 6.34. The molecular formula is C24H29N3O. The molecule has 2 N–H and O–H groups in total. The van der Waals surface area contributed by atoms with E-state index in [9.17, 15) is 0 Å². The van der Waals surface area contributed by atoms with Gasteiger partial charge in [0.25, 0.3) is 0 Å². The molecule has 0 saturated carbocycles. The van der Waals surface area contributed by atoms with Gasteiger partial charge in [0, 0.05) is 35.2 Å². The summed E-state index contributed by atoms with van der Waals surface area (Å²) < 4.78 is 5.69. The molecule has 0 bridgehead atoms. The van der Waals surface area contributed by atoms with Gasteiger partial charge in [0.15, 0.2) is 0 Å². The number of hydrogen-bond acceptors (Lipinski definition) is 3. The molecular weight excluding hydrogens is 346 g/mol. The van der Waals surface area contributed by atoms with Gasteiger partial charge in [0.2, 0.25) is 0 Å². The molecule has 3 heterocycles. The number of nitrogens with zero attached hydrogens (tertiary/aromatic N) is 1. The van der Waals surface area contributed by atoms with Gasteiger partial charge < -0.3 is 15.0 Å². The van der Waals surface area contributed by atoms with Gasteiger partial charge in [-0.15, -0.1) is 0 Å². The topological polar surface area (TPSA) is 40.3 Å². The molecule has 4 nitrogen and oxygen atoms in total. The lowest BCUT2D eigenvalue weighted by atomic mass is 9.93. The molecule has 0 unspecified atom stereocenters. The van der Waals surface area contributed by atoms with Crippen molar-refractivity contribution in [3.8, 4) is 5.75 Å². The van der Waals surface area contributed by atoms with Gasteiger partial charge in [-0.1, -0.05) is 30.7 Å². The normalized spacial score (nSPS) is 20.2. The number of ether oxygens (including phenoxy) is 1. The Hall–Kier alpha value is -2.30. The average molecular weight is 376 g/mol. The first-order chi connectivity index (χ1) is 13.8. The molecule has 3 aromatic rings. The summed E-state index contributed by atoms with van der Waals surface area (Å²) in [7, 11) is 1.78. The quantitative estimate of drug-likeness (QED) is 0.710. The van der Waals surface area contributed by atoms with Crippen molar-refractivity contribution in [1.29, 1.82) is 0 Å². The number of rotatable bonds is 4. The van der Waals surface area contributed by atoms with E-state index in [0.717, 1.165) is 25.3 Å². The maximum Gasteiger partial charge on any atom is 0.123 e. The van der Waals surface area contributed by atoms with Crippen LogP contribution in [-0.4, -0.2) is 36.6 Å². The Balaban J connectivity index is 1.51. The van der Waals surface area contributed by atoms with Crippen LogP contribution >= 0.6 is 0 Å². The van der Waals surface area contributed by atoms with E-state index < -0.39 is 0 Å². The van der Waals surface area contributed by atoms with E-state index in [1.54, 1.807) is 7.11 Å². The van der Waals surface area contributed by atoms with E-state index in [2.05, 4.69) is 57.7 Å². The molecule has 0 aliphatic carbocycles. The van der Waals surface area contributed by atoms with Crippen molar-refractivity contribution in [2.45, 2.75) is 38.3 Å². The Morgan fingerprint density at radius 2 is 1.93 bits per heavy atom. The van der Waals surface area contributed by atoms with Crippen molar-refractivity contribution in [3.05, 3.63) is 64.8 Å². The monoisotopic (exact) mass is 375 g/mol. The van der Waals surface area contributed by atoms with Crippen LogP contribution in [0.2, 0.25) is 0 Å². The number of para-hydroxylation sites is 1. The lowest BCUT2D eigenvalue weighted by Crippen LogP contribution is -2.31. The second-order valence-electron chi connectivity index (χ2n) is 8.11. The first kappa shape index (κ1) is 17.8. The van der Waals surface area contributed by atoms with Crippen molar-refractivity contribution in [2.24, 2.45) is 0 Å². The summed E-state index contributed by atoms with van der Waals surface area (Å²) in [4.78, 5) is 6.25. The highest BCUT2D eigenvalue weighted by Crippen LogP contribution is 2.35. The largest absolute Gasteiger partial charge is 0.496 e. The molecule has 2 aliphatic heterocycles. The third-order valence-electron chi connectivity index (χ3n) is 6.34. The highest BCUT2D eigenvalue weighted by Gasteiger charge is 2.26. The van der Waals surface area contributed by atoms with Gasteiger partial charge in [-0.25, -0.2) is 0 Å². The number of aromatic nitrogens is 1. The van der Waals surface area contributed by atoms with Gasteiger partial charge in [-0.05, 0) is 61.7 Å². The number of piperidine rings is 1. The third kappa shape index (κ3) is 3.21. The average Bonchev–Trinajstić information content (AvgIpc) is 3.13. The van der Waals surface area contributed by atoms with E-state index in [4.69, 9.17) is 4.74 Å². The van der Waals surface area contributed by atoms with Crippen LogP contribution in [-0.2, 0) is 13.0 Å². The van der Waals surface area contributed by atoms with Crippen LogP contribution in [0.1, 0.15) is 47.7 Å². The van der Waals surface area contributed by atoms with Gasteiger partial charge >= 0.3 is 0 Å². The molecule has 0 spiro atoms. The van der Waals surface area contributed by atoms with E-state index in [1.165, 1.54) is 65.6 Å². The summed E-state index contributed by atoms with van der Waals surface area (Å²) in [6.07, 6.45) is 5.06. The number of fused-ring (bicyclic) bond motifs is 3. The van der Waals surface area contributed by atoms with Gasteiger partial charge in [0.1, 0.15) is 5.75 Å².